The van der Waals surface area contributed by atoms with Crippen molar-refractivity contribution in [2.75, 3.05) is 13.1 Å². The lowest BCUT2D eigenvalue weighted by molar-refractivity contribution is -0.275. The molecule has 1 saturated heterocycles. The Hall–Kier alpha value is -3.24. The molecule has 10 heteroatoms. The monoisotopic (exact) mass is 525 g/mol. The van der Waals surface area contributed by atoms with Crippen LogP contribution in [0.4, 0.5) is 26.3 Å². The Morgan fingerprint density at radius 2 is 1.14 bits per heavy atom. The van der Waals surface area contributed by atoms with Crippen LogP contribution in [0, 0.1) is 0 Å². The fourth-order valence-corrected chi connectivity index (χ4v) is 4.77. The highest BCUT2D eigenvalue weighted by molar-refractivity contribution is 5.41. The molecule has 37 heavy (non-hydrogen) atoms. The molecule has 0 amide bonds. The van der Waals surface area contributed by atoms with Gasteiger partial charge in [-0.1, -0.05) is 54.6 Å². The highest BCUT2D eigenvalue weighted by Crippen LogP contribution is 2.43. The Labute approximate surface area is 210 Å². The lowest BCUT2D eigenvalue weighted by Crippen LogP contribution is -2.48. The summed E-state index contributed by atoms with van der Waals surface area (Å²) < 4.78 is 83.5. The molecule has 0 bridgehead atoms. The number of benzene rings is 3. The minimum absolute atomic E-state index is 0.353. The number of hydrogen-bond acceptors (Lipinski definition) is 4. The van der Waals surface area contributed by atoms with Crippen LogP contribution in [0.25, 0.3) is 0 Å². The van der Waals surface area contributed by atoms with Gasteiger partial charge in [-0.15, -0.1) is 26.3 Å². The normalized spacial score (nSPS) is 16.5. The van der Waals surface area contributed by atoms with Crippen LogP contribution in [0.2, 0.25) is 0 Å². The zero-order valence-electron chi connectivity index (χ0n) is 19.6. The van der Waals surface area contributed by atoms with Gasteiger partial charge in [0, 0.05) is 25.6 Å². The largest absolute Gasteiger partial charge is 0.573 e. The molecule has 1 heterocycles. The standard InChI is InChI=1S/C27H25F6NO3/c28-26(29,30)36-22-10-6-20(7-11-22)24(21-8-12-23(13-9-21)37-27(31,32)33)25(35)14-16-34(17-15-25)18-19-4-2-1-3-5-19/h1-13,24,35H,14-18H2. The van der Waals surface area contributed by atoms with Crippen LogP contribution in [0.1, 0.15) is 35.4 Å². The van der Waals surface area contributed by atoms with E-state index in [0.717, 1.165) is 29.8 Å². The fraction of sp³-hybridized carbons (Fsp3) is 0.333. The van der Waals surface area contributed by atoms with Crippen LogP contribution in [0.3, 0.4) is 0 Å². The van der Waals surface area contributed by atoms with Gasteiger partial charge in [0.1, 0.15) is 11.5 Å². The Morgan fingerprint density at radius 1 is 0.703 bits per heavy atom. The molecule has 1 fully saturated rings. The first-order chi connectivity index (χ1) is 17.4. The summed E-state index contributed by atoms with van der Waals surface area (Å²) in [7, 11) is 0. The smallest absolute Gasteiger partial charge is 0.406 e. The first-order valence-electron chi connectivity index (χ1n) is 11.6. The number of ether oxygens (including phenoxy) is 2. The number of alkyl halides is 6. The van der Waals surface area contributed by atoms with Gasteiger partial charge in [0.15, 0.2) is 0 Å². The highest BCUT2D eigenvalue weighted by Gasteiger charge is 2.42. The van der Waals surface area contributed by atoms with E-state index in [0.29, 0.717) is 43.6 Å². The maximum absolute atomic E-state index is 12.6. The Morgan fingerprint density at radius 3 is 1.54 bits per heavy atom. The van der Waals surface area contributed by atoms with Crippen LogP contribution >= 0.6 is 0 Å². The first-order valence-corrected chi connectivity index (χ1v) is 11.6. The van der Waals surface area contributed by atoms with Crippen LogP contribution < -0.4 is 9.47 Å². The Bertz CT molecular complexity index is 1080. The quantitative estimate of drug-likeness (QED) is 0.351. The summed E-state index contributed by atoms with van der Waals surface area (Å²) in [5.74, 6) is -1.52. The van der Waals surface area contributed by atoms with Gasteiger partial charge in [0.05, 0.1) is 5.60 Å². The summed E-state index contributed by atoms with van der Waals surface area (Å²) in [6.45, 7) is 1.83. The van der Waals surface area contributed by atoms with E-state index in [1.165, 1.54) is 24.3 Å². The van der Waals surface area contributed by atoms with Crippen molar-refractivity contribution in [1.29, 1.82) is 0 Å². The molecule has 4 rings (SSSR count). The number of piperidine rings is 1. The van der Waals surface area contributed by atoms with Gasteiger partial charge in [-0.25, -0.2) is 0 Å². The van der Waals surface area contributed by atoms with Crippen LogP contribution in [0.5, 0.6) is 11.5 Å². The second-order valence-corrected chi connectivity index (χ2v) is 9.03. The van der Waals surface area contributed by atoms with Gasteiger partial charge in [-0.2, -0.15) is 0 Å². The lowest BCUT2D eigenvalue weighted by Gasteiger charge is -2.43. The molecular weight excluding hydrogens is 500 g/mol. The number of nitrogens with zero attached hydrogens (tertiary/aromatic N) is 1. The zero-order chi connectivity index (χ0) is 26.7. The van der Waals surface area contributed by atoms with E-state index in [2.05, 4.69) is 14.4 Å². The summed E-state index contributed by atoms with van der Waals surface area (Å²) >= 11 is 0. The minimum atomic E-state index is -4.85. The number of rotatable bonds is 7. The first kappa shape index (κ1) is 26.8. The van der Waals surface area contributed by atoms with E-state index >= 15 is 0 Å². The predicted octanol–water partition coefficient (Wildman–Crippen LogP) is 6.64. The van der Waals surface area contributed by atoms with Crippen molar-refractivity contribution in [3.63, 3.8) is 0 Å². The summed E-state index contributed by atoms with van der Waals surface area (Å²) in [6.07, 6.45) is -8.99. The van der Waals surface area contributed by atoms with Crippen molar-refractivity contribution in [2.45, 2.75) is 43.6 Å². The van der Waals surface area contributed by atoms with E-state index < -0.39 is 35.7 Å². The zero-order valence-corrected chi connectivity index (χ0v) is 19.6. The van der Waals surface area contributed by atoms with Crippen molar-refractivity contribution in [3.05, 3.63) is 95.6 Å². The van der Waals surface area contributed by atoms with Crippen molar-refractivity contribution < 1.29 is 40.9 Å². The molecule has 1 aliphatic heterocycles. The molecule has 0 spiro atoms. The minimum Gasteiger partial charge on any atom is -0.406 e. The van der Waals surface area contributed by atoms with Gasteiger partial charge in [-0.05, 0) is 53.8 Å². The van der Waals surface area contributed by atoms with Crippen LogP contribution in [0.15, 0.2) is 78.9 Å². The summed E-state index contributed by atoms with van der Waals surface area (Å²) in [4.78, 5) is 2.20. The molecule has 3 aromatic rings. The highest BCUT2D eigenvalue weighted by atomic mass is 19.4. The van der Waals surface area contributed by atoms with Gasteiger partial charge in [-0.3, -0.25) is 4.90 Å². The molecule has 1 aliphatic rings. The summed E-state index contributed by atoms with van der Waals surface area (Å²) in [5.41, 5.74) is 0.868. The molecule has 0 saturated carbocycles. The van der Waals surface area contributed by atoms with Crippen molar-refractivity contribution in [3.8, 4) is 11.5 Å². The number of aliphatic hydroxyl groups is 1. The average Bonchev–Trinajstić information content (AvgIpc) is 2.82. The maximum Gasteiger partial charge on any atom is 0.573 e. The molecule has 0 radical (unpaired) electrons. The Kier molecular flexibility index (Phi) is 7.70. The molecule has 0 atom stereocenters. The van der Waals surface area contributed by atoms with E-state index in [4.69, 9.17) is 0 Å². The lowest BCUT2D eigenvalue weighted by atomic mass is 9.72. The topological polar surface area (TPSA) is 41.9 Å². The fourth-order valence-electron chi connectivity index (χ4n) is 4.77. The van der Waals surface area contributed by atoms with Gasteiger partial charge in [0.25, 0.3) is 0 Å². The summed E-state index contributed by atoms with van der Waals surface area (Å²) in [6, 6.07) is 20.2. The van der Waals surface area contributed by atoms with Gasteiger partial charge in [0.2, 0.25) is 0 Å². The molecule has 198 valence electrons. The molecule has 0 aromatic heterocycles. The SMILES string of the molecule is OC1(C(c2ccc(OC(F)(F)F)cc2)c2ccc(OC(F)(F)F)cc2)CCN(Cc2ccccc2)CC1. The third kappa shape index (κ3) is 7.39. The second-order valence-electron chi connectivity index (χ2n) is 9.03. The molecule has 1 N–H and O–H groups in total. The van der Waals surface area contributed by atoms with Gasteiger partial charge >= 0.3 is 12.7 Å². The van der Waals surface area contributed by atoms with Crippen LogP contribution in [-0.2, 0) is 6.54 Å². The van der Waals surface area contributed by atoms with Crippen LogP contribution in [-0.4, -0.2) is 41.4 Å². The molecular formula is C27H25F6NO3. The number of hydrogen-bond donors (Lipinski definition) is 1. The predicted molar refractivity (Wildman–Crippen MR) is 124 cm³/mol. The molecule has 4 nitrogen and oxygen atoms in total. The van der Waals surface area contributed by atoms with Gasteiger partial charge < -0.3 is 14.6 Å². The van der Waals surface area contributed by atoms with Crippen molar-refractivity contribution in [2.24, 2.45) is 0 Å². The molecule has 0 aliphatic carbocycles. The Balaban J connectivity index is 1.59. The van der Waals surface area contributed by atoms with E-state index in [-0.39, 0.29) is 0 Å². The van der Waals surface area contributed by atoms with E-state index in [1.807, 2.05) is 30.3 Å². The number of halogens is 6. The molecule has 3 aromatic carbocycles. The summed E-state index contributed by atoms with van der Waals surface area (Å²) in [5, 5.41) is 11.8. The van der Waals surface area contributed by atoms with Crippen molar-refractivity contribution >= 4 is 0 Å². The maximum atomic E-state index is 12.6. The second kappa shape index (κ2) is 10.6. The third-order valence-electron chi connectivity index (χ3n) is 6.40. The molecule has 0 unspecified atom stereocenters. The third-order valence-corrected chi connectivity index (χ3v) is 6.40. The van der Waals surface area contributed by atoms with E-state index in [9.17, 15) is 31.4 Å². The number of likely N-dealkylation sites (tertiary alicyclic amines) is 1. The van der Waals surface area contributed by atoms with Crippen molar-refractivity contribution in [1.82, 2.24) is 4.90 Å². The van der Waals surface area contributed by atoms with E-state index in [1.54, 1.807) is 0 Å². The average molecular weight is 525 g/mol.